The molecule has 0 spiro atoms. The van der Waals surface area contributed by atoms with E-state index >= 15 is 0 Å². The van der Waals surface area contributed by atoms with Gasteiger partial charge in [-0.15, -0.1) is 0 Å². The molecule has 0 bridgehead atoms. The minimum absolute atomic E-state index is 0.00515. The fourth-order valence-corrected chi connectivity index (χ4v) is 3.11. The number of likely N-dealkylation sites (tertiary alicyclic amines) is 1. The van der Waals surface area contributed by atoms with Crippen molar-refractivity contribution in [2.24, 2.45) is 5.92 Å². The van der Waals surface area contributed by atoms with Gasteiger partial charge in [0, 0.05) is 18.9 Å². The Morgan fingerprint density at radius 2 is 2.00 bits per heavy atom. The molecule has 1 aromatic carbocycles. The third-order valence-electron chi connectivity index (χ3n) is 4.78. The predicted octanol–water partition coefficient (Wildman–Crippen LogP) is 2.72. The Kier molecular flexibility index (Phi) is 7.37. The molecule has 2 rings (SSSR count). The summed E-state index contributed by atoms with van der Waals surface area (Å²) in [5.74, 6) is -0.955. The third kappa shape index (κ3) is 6.46. The number of rotatable bonds is 8. The minimum atomic E-state index is -0.746. The van der Waals surface area contributed by atoms with Crippen LogP contribution in [0, 0.1) is 18.7 Å². The average molecular weight is 350 g/mol. The lowest BCUT2D eigenvalue weighted by Crippen LogP contribution is -2.40. The molecule has 1 heterocycles. The van der Waals surface area contributed by atoms with Crippen LogP contribution in [0.2, 0.25) is 0 Å². The van der Waals surface area contributed by atoms with E-state index in [1.807, 2.05) is 6.07 Å². The van der Waals surface area contributed by atoms with Crippen molar-refractivity contribution in [3.8, 4) is 0 Å². The van der Waals surface area contributed by atoms with Crippen LogP contribution in [-0.2, 0) is 16.1 Å². The van der Waals surface area contributed by atoms with Gasteiger partial charge in [-0.2, -0.15) is 0 Å². The quantitative estimate of drug-likeness (QED) is 0.707. The van der Waals surface area contributed by atoms with Gasteiger partial charge in [0.25, 0.3) is 0 Å². The summed E-state index contributed by atoms with van der Waals surface area (Å²) in [7, 11) is 0. The summed E-state index contributed by atoms with van der Waals surface area (Å²) in [5.41, 5.74) is 1.37. The first-order valence-corrected chi connectivity index (χ1v) is 8.92. The number of aliphatic carboxylic acids is 1. The lowest BCUT2D eigenvalue weighted by molar-refractivity contribution is -0.137. The zero-order valence-corrected chi connectivity index (χ0v) is 14.8. The number of nitrogens with one attached hydrogen (secondary N) is 1. The number of benzene rings is 1. The van der Waals surface area contributed by atoms with Crippen molar-refractivity contribution < 1.29 is 19.1 Å². The zero-order chi connectivity index (χ0) is 18.2. The van der Waals surface area contributed by atoms with E-state index in [9.17, 15) is 14.0 Å². The molecule has 1 amide bonds. The topological polar surface area (TPSA) is 69.6 Å². The number of piperidine rings is 1. The normalized spacial score (nSPS) is 15.9. The molecule has 1 aromatic rings. The number of carboxylic acid groups (broad SMARTS) is 1. The molecule has 1 fully saturated rings. The number of halogens is 1. The standard InChI is InChI=1S/C19H27FN2O3/c1-14-5-6-15(12-17(14)20)13-21-19(25)16-7-10-22(11-8-16)9-3-2-4-18(23)24/h5-6,12,16H,2-4,7-11,13H2,1H3,(H,21,25)(H,23,24). The van der Waals surface area contributed by atoms with Crippen LogP contribution >= 0.6 is 0 Å². The molecular formula is C19H27FN2O3. The van der Waals surface area contributed by atoms with Gasteiger partial charge in [-0.1, -0.05) is 12.1 Å². The molecule has 1 aliphatic heterocycles. The van der Waals surface area contributed by atoms with E-state index in [1.165, 1.54) is 6.07 Å². The van der Waals surface area contributed by atoms with E-state index in [-0.39, 0.29) is 24.1 Å². The van der Waals surface area contributed by atoms with Crippen molar-refractivity contribution in [1.29, 1.82) is 0 Å². The SMILES string of the molecule is Cc1ccc(CNC(=O)C2CCN(CCCCC(=O)O)CC2)cc1F. The van der Waals surface area contributed by atoms with Crippen molar-refractivity contribution in [1.82, 2.24) is 10.2 Å². The van der Waals surface area contributed by atoms with E-state index in [0.717, 1.165) is 44.5 Å². The van der Waals surface area contributed by atoms with E-state index in [2.05, 4.69) is 10.2 Å². The van der Waals surface area contributed by atoms with E-state index in [0.29, 0.717) is 18.5 Å². The fourth-order valence-electron chi connectivity index (χ4n) is 3.11. The smallest absolute Gasteiger partial charge is 0.303 e. The predicted molar refractivity (Wildman–Crippen MR) is 93.6 cm³/mol. The van der Waals surface area contributed by atoms with Gasteiger partial charge in [0.15, 0.2) is 0 Å². The van der Waals surface area contributed by atoms with Gasteiger partial charge in [0.2, 0.25) is 5.91 Å². The number of nitrogens with zero attached hydrogens (tertiary/aromatic N) is 1. The van der Waals surface area contributed by atoms with Gasteiger partial charge in [0.1, 0.15) is 5.82 Å². The summed E-state index contributed by atoms with van der Waals surface area (Å²) in [6.45, 7) is 4.69. The van der Waals surface area contributed by atoms with Gasteiger partial charge >= 0.3 is 5.97 Å². The maximum absolute atomic E-state index is 13.5. The Labute approximate surface area is 148 Å². The molecule has 1 aliphatic rings. The second-order valence-corrected chi connectivity index (χ2v) is 6.77. The fraction of sp³-hybridized carbons (Fsp3) is 0.579. The second-order valence-electron chi connectivity index (χ2n) is 6.77. The van der Waals surface area contributed by atoms with Crippen LogP contribution in [-0.4, -0.2) is 41.5 Å². The van der Waals surface area contributed by atoms with Crippen molar-refractivity contribution in [3.05, 3.63) is 35.1 Å². The van der Waals surface area contributed by atoms with Crippen LogP contribution in [0.3, 0.4) is 0 Å². The number of amides is 1. The lowest BCUT2D eigenvalue weighted by Gasteiger charge is -2.31. The van der Waals surface area contributed by atoms with Gasteiger partial charge in [-0.25, -0.2) is 4.39 Å². The minimum Gasteiger partial charge on any atom is -0.481 e. The summed E-state index contributed by atoms with van der Waals surface area (Å²) in [4.78, 5) is 25.1. The molecule has 25 heavy (non-hydrogen) atoms. The second kappa shape index (κ2) is 9.51. The Balaban J connectivity index is 1.66. The highest BCUT2D eigenvalue weighted by atomic mass is 19.1. The third-order valence-corrected chi connectivity index (χ3v) is 4.78. The van der Waals surface area contributed by atoms with Crippen LogP contribution in [0.4, 0.5) is 4.39 Å². The number of unbranched alkanes of at least 4 members (excludes halogenated alkanes) is 1. The van der Waals surface area contributed by atoms with E-state index in [4.69, 9.17) is 5.11 Å². The summed E-state index contributed by atoms with van der Waals surface area (Å²) >= 11 is 0. The van der Waals surface area contributed by atoms with Gasteiger partial charge < -0.3 is 15.3 Å². The highest BCUT2D eigenvalue weighted by molar-refractivity contribution is 5.78. The Morgan fingerprint density at radius 3 is 2.64 bits per heavy atom. The Morgan fingerprint density at radius 1 is 1.28 bits per heavy atom. The van der Waals surface area contributed by atoms with E-state index in [1.54, 1.807) is 13.0 Å². The molecule has 0 aromatic heterocycles. The maximum Gasteiger partial charge on any atom is 0.303 e. The molecule has 0 atom stereocenters. The molecule has 5 nitrogen and oxygen atoms in total. The first-order valence-electron chi connectivity index (χ1n) is 8.92. The molecule has 2 N–H and O–H groups in total. The largest absolute Gasteiger partial charge is 0.481 e. The van der Waals surface area contributed by atoms with Crippen LogP contribution in [0.5, 0.6) is 0 Å². The number of hydrogen-bond acceptors (Lipinski definition) is 3. The monoisotopic (exact) mass is 350 g/mol. The zero-order valence-electron chi connectivity index (χ0n) is 14.8. The van der Waals surface area contributed by atoms with Gasteiger partial charge in [0.05, 0.1) is 0 Å². The van der Waals surface area contributed by atoms with Gasteiger partial charge in [-0.05, 0) is 69.4 Å². The molecule has 0 radical (unpaired) electrons. The van der Waals surface area contributed by atoms with Crippen molar-refractivity contribution >= 4 is 11.9 Å². The van der Waals surface area contributed by atoms with Crippen molar-refractivity contribution in [2.45, 2.75) is 45.6 Å². The van der Waals surface area contributed by atoms with Crippen LogP contribution in [0.25, 0.3) is 0 Å². The number of carbonyl (C=O) groups is 2. The molecule has 0 saturated carbocycles. The summed E-state index contributed by atoms with van der Waals surface area (Å²) < 4.78 is 13.5. The maximum atomic E-state index is 13.5. The van der Waals surface area contributed by atoms with Crippen LogP contribution in [0.1, 0.15) is 43.2 Å². The number of carboxylic acids is 1. The van der Waals surface area contributed by atoms with E-state index < -0.39 is 5.97 Å². The number of hydrogen-bond donors (Lipinski definition) is 2. The Bertz CT molecular complexity index is 598. The van der Waals surface area contributed by atoms with Gasteiger partial charge in [-0.3, -0.25) is 9.59 Å². The average Bonchev–Trinajstić information content (AvgIpc) is 2.60. The molecule has 0 unspecified atom stereocenters. The van der Waals surface area contributed by atoms with Crippen LogP contribution in [0.15, 0.2) is 18.2 Å². The number of carbonyl (C=O) groups excluding carboxylic acids is 1. The van der Waals surface area contributed by atoms with Crippen molar-refractivity contribution in [3.63, 3.8) is 0 Å². The van der Waals surface area contributed by atoms with Crippen LogP contribution < -0.4 is 5.32 Å². The summed E-state index contributed by atoms with van der Waals surface area (Å²) in [5, 5.41) is 11.5. The summed E-state index contributed by atoms with van der Waals surface area (Å²) in [6.07, 6.45) is 3.42. The number of aryl methyl sites for hydroxylation is 1. The first-order chi connectivity index (χ1) is 12.0. The molecule has 6 heteroatoms. The molecule has 0 aliphatic carbocycles. The first kappa shape index (κ1) is 19.4. The van der Waals surface area contributed by atoms with Crippen molar-refractivity contribution in [2.75, 3.05) is 19.6 Å². The highest BCUT2D eigenvalue weighted by Crippen LogP contribution is 2.18. The Hall–Kier alpha value is -1.95. The molecule has 1 saturated heterocycles. The highest BCUT2D eigenvalue weighted by Gasteiger charge is 2.24. The summed E-state index contributed by atoms with van der Waals surface area (Å²) in [6, 6.07) is 5.02. The molecule has 138 valence electrons. The molecular weight excluding hydrogens is 323 g/mol. The lowest BCUT2D eigenvalue weighted by atomic mass is 9.95.